The minimum atomic E-state index is -0.437. The Balaban J connectivity index is 1.80. The van der Waals surface area contributed by atoms with Crippen molar-refractivity contribution in [1.29, 1.82) is 0 Å². The number of carbonyl (C=O) groups excluding carboxylic acids is 1. The Bertz CT molecular complexity index is 1110. The maximum absolute atomic E-state index is 12.8. The maximum atomic E-state index is 12.8. The molecule has 0 spiro atoms. The third-order valence-electron chi connectivity index (χ3n) is 5.19. The number of nitro groups is 1. The van der Waals surface area contributed by atoms with Crippen molar-refractivity contribution in [2.75, 3.05) is 20.2 Å². The lowest BCUT2D eigenvalue weighted by atomic mass is 10.2. The molecule has 1 fully saturated rings. The highest BCUT2D eigenvalue weighted by Gasteiger charge is 2.27. The minimum Gasteiger partial charge on any atom is -0.495 e. The Labute approximate surface area is 178 Å². The Morgan fingerprint density at radius 1 is 1.23 bits per heavy atom. The summed E-state index contributed by atoms with van der Waals surface area (Å²) < 4.78 is 7.43. The zero-order chi connectivity index (χ0) is 21.3. The second-order valence-electron chi connectivity index (χ2n) is 7.12. The standard InChI is InChI=1S/C21H22N4O4S/c1-14(20(26)23-11-5-6-12-23)30-21-22-16-13-15(25(27)28)9-10-17(16)24(21)18-7-3-4-8-19(18)29-2/h3-4,7-10,13-14H,5-6,11-12H2,1-2H3. The molecule has 1 aromatic heterocycles. The van der Waals surface area contributed by atoms with Crippen molar-refractivity contribution in [3.05, 3.63) is 52.6 Å². The third-order valence-corrected chi connectivity index (χ3v) is 6.23. The lowest BCUT2D eigenvalue weighted by Gasteiger charge is -2.20. The van der Waals surface area contributed by atoms with Gasteiger partial charge in [0.05, 0.1) is 34.0 Å². The van der Waals surface area contributed by atoms with E-state index in [2.05, 4.69) is 4.98 Å². The van der Waals surface area contributed by atoms with Crippen molar-refractivity contribution in [3.8, 4) is 11.4 Å². The average Bonchev–Trinajstić information content (AvgIpc) is 3.40. The number of carbonyl (C=O) groups is 1. The number of fused-ring (bicyclic) bond motifs is 1. The molecular weight excluding hydrogens is 404 g/mol. The van der Waals surface area contributed by atoms with Gasteiger partial charge in [0.25, 0.3) is 5.69 Å². The van der Waals surface area contributed by atoms with Crippen LogP contribution in [-0.4, -0.2) is 50.7 Å². The number of non-ortho nitro benzene ring substituents is 1. The number of benzene rings is 2. The van der Waals surface area contributed by atoms with E-state index < -0.39 is 4.92 Å². The molecule has 0 saturated carbocycles. The van der Waals surface area contributed by atoms with Gasteiger partial charge in [-0.2, -0.15) is 0 Å². The predicted molar refractivity (Wildman–Crippen MR) is 115 cm³/mol. The fourth-order valence-electron chi connectivity index (χ4n) is 3.69. The number of para-hydroxylation sites is 2. The first-order valence-electron chi connectivity index (χ1n) is 9.75. The van der Waals surface area contributed by atoms with Gasteiger partial charge in [0.2, 0.25) is 5.91 Å². The van der Waals surface area contributed by atoms with Crippen LogP contribution in [0, 0.1) is 10.1 Å². The fraction of sp³-hybridized carbons (Fsp3) is 0.333. The number of nitro benzene ring substituents is 1. The Hall–Kier alpha value is -3.07. The van der Waals surface area contributed by atoms with Gasteiger partial charge < -0.3 is 9.64 Å². The van der Waals surface area contributed by atoms with E-state index in [0.717, 1.165) is 31.6 Å². The van der Waals surface area contributed by atoms with Crippen LogP contribution >= 0.6 is 11.8 Å². The number of methoxy groups -OCH3 is 1. The Morgan fingerprint density at radius 2 is 1.97 bits per heavy atom. The molecule has 0 bridgehead atoms. The quantitative estimate of drug-likeness (QED) is 0.336. The molecule has 0 radical (unpaired) electrons. The average molecular weight is 426 g/mol. The maximum Gasteiger partial charge on any atom is 0.271 e. The first kappa shape index (κ1) is 20.2. The largest absolute Gasteiger partial charge is 0.495 e. The van der Waals surface area contributed by atoms with Gasteiger partial charge in [0.1, 0.15) is 5.75 Å². The smallest absolute Gasteiger partial charge is 0.271 e. The van der Waals surface area contributed by atoms with Crippen molar-refractivity contribution in [3.63, 3.8) is 0 Å². The zero-order valence-electron chi connectivity index (χ0n) is 16.8. The normalized spacial score (nSPS) is 14.8. The van der Waals surface area contributed by atoms with Crippen LogP contribution in [-0.2, 0) is 4.79 Å². The summed E-state index contributed by atoms with van der Waals surface area (Å²) in [5.74, 6) is 0.734. The van der Waals surface area contributed by atoms with Crippen LogP contribution < -0.4 is 4.74 Å². The van der Waals surface area contributed by atoms with Gasteiger partial charge in [-0.1, -0.05) is 23.9 Å². The van der Waals surface area contributed by atoms with Crippen LogP contribution in [0.4, 0.5) is 5.69 Å². The van der Waals surface area contributed by atoms with Crippen LogP contribution in [0.2, 0.25) is 0 Å². The summed E-state index contributed by atoms with van der Waals surface area (Å²) in [5.41, 5.74) is 1.96. The lowest BCUT2D eigenvalue weighted by Crippen LogP contribution is -2.34. The number of likely N-dealkylation sites (tertiary alicyclic amines) is 1. The van der Waals surface area contributed by atoms with Crippen molar-refractivity contribution in [2.24, 2.45) is 0 Å². The Morgan fingerprint density at radius 3 is 2.67 bits per heavy atom. The van der Waals surface area contributed by atoms with Crippen molar-refractivity contribution >= 4 is 34.4 Å². The molecule has 9 heteroatoms. The van der Waals surface area contributed by atoms with Crippen LogP contribution in [0.25, 0.3) is 16.7 Å². The van der Waals surface area contributed by atoms with Crippen LogP contribution in [0.3, 0.4) is 0 Å². The SMILES string of the molecule is COc1ccccc1-n1c(SC(C)C(=O)N2CCCC2)nc2cc([N+](=O)[O-])ccc21. The van der Waals surface area contributed by atoms with Gasteiger partial charge in [0.15, 0.2) is 5.16 Å². The zero-order valence-corrected chi connectivity index (χ0v) is 17.6. The number of thioether (sulfide) groups is 1. The van der Waals surface area contributed by atoms with Crippen molar-refractivity contribution in [2.45, 2.75) is 30.2 Å². The molecule has 0 N–H and O–H groups in total. The van der Waals surface area contributed by atoms with Gasteiger partial charge in [-0.3, -0.25) is 19.5 Å². The molecule has 1 aliphatic heterocycles. The lowest BCUT2D eigenvalue weighted by molar-refractivity contribution is -0.384. The van der Waals surface area contributed by atoms with Gasteiger partial charge in [-0.25, -0.2) is 4.98 Å². The molecule has 3 aromatic rings. The summed E-state index contributed by atoms with van der Waals surface area (Å²) in [5, 5.41) is 11.5. The summed E-state index contributed by atoms with van der Waals surface area (Å²) in [6, 6.07) is 12.1. The van der Waals surface area contributed by atoms with E-state index in [1.54, 1.807) is 13.2 Å². The van der Waals surface area contributed by atoms with E-state index in [9.17, 15) is 14.9 Å². The molecule has 2 aromatic carbocycles. The van der Waals surface area contributed by atoms with Crippen LogP contribution in [0.5, 0.6) is 5.75 Å². The van der Waals surface area contributed by atoms with Crippen molar-refractivity contribution in [1.82, 2.24) is 14.5 Å². The van der Waals surface area contributed by atoms with Crippen LogP contribution in [0.1, 0.15) is 19.8 Å². The van der Waals surface area contributed by atoms with E-state index >= 15 is 0 Å². The topological polar surface area (TPSA) is 90.5 Å². The number of imidazole rings is 1. The first-order chi connectivity index (χ1) is 14.5. The van der Waals surface area contributed by atoms with E-state index in [4.69, 9.17) is 4.74 Å². The van der Waals surface area contributed by atoms with Gasteiger partial charge in [-0.05, 0) is 38.0 Å². The van der Waals surface area contributed by atoms with E-state index in [1.165, 1.54) is 23.9 Å². The molecule has 0 aliphatic carbocycles. The second kappa shape index (κ2) is 8.35. The summed E-state index contributed by atoms with van der Waals surface area (Å²) >= 11 is 1.35. The monoisotopic (exact) mass is 426 g/mol. The summed E-state index contributed by atoms with van der Waals surface area (Å²) in [6.45, 7) is 3.46. The molecule has 1 unspecified atom stereocenters. The fourth-order valence-corrected chi connectivity index (χ4v) is 4.71. The summed E-state index contributed by atoms with van der Waals surface area (Å²) in [4.78, 5) is 30.2. The van der Waals surface area contributed by atoms with Crippen LogP contribution in [0.15, 0.2) is 47.6 Å². The van der Waals surface area contributed by atoms with E-state index in [0.29, 0.717) is 21.9 Å². The molecule has 1 amide bonds. The molecule has 156 valence electrons. The Kier molecular flexibility index (Phi) is 5.63. The second-order valence-corrected chi connectivity index (χ2v) is 8.43. The molecule has 2 heterocycles. The molecule has 1 aliphatic rings. The summed E-state index contributed by atoms with van der Waals surface area (Å²) in [6.07, 6.45) is 2.07. The summed E-state index contributed by atoms with van der Waals surface area (Å²) in [7, 11) is 1.59. The molecule has 4 rings (SSSR count). The molecule has 30 heavy (non-hydrogen) atoms. The third kappa shape index (κ3) is 3.72. The molecule has 8 nitrogen and oxygen atoms in total. The van der Waals surface area contributed by atoms with Gasteiger partial charge in [0, 0.05) is 25.2 Å². The first-order valence-corrected chi connectivity index (χ1v) is 10.6. The number of aromatic nitrogens is 2. The van der Waals surface area contributed by atoms with E-state index in [-0.39, 0.29) is 16.8 Å². The molecule has 1 atom stereocenters. The highest BCUT2D eigenvalue weighted by Crippen LogP contribution is 2.35. The number of hydrogen-bond donors (Lipinski definition) is 0. The van der Waals surface area contributed by atoms with Gasteiger partial charge >= 0.3 is 0 Å². The highest BCUT2D eigenvalue weighted by atomic mass is 32.2. The minimum absolute atomic E-state index is 0.0232. The number of ether oxygens (including phenoxy) is 1. The number of amides is 1. The van der Waals surface area contributed by atoms with Gasteiger partial charge in [-0.15, -0.1) is 0 Å². The highest BCUT2D eigenvalue weighted by molar-refractivity contribution is 8.00. The number of rotatable bonds is 6. The molecular formula is C21H22N4O4S. The predicted octanol–water partition coefficient (Wildman–Crippen LogP) is 4.05. The van der Waals surface area contributed by atoms with Crippen molar-refractivity contribution < 1.29 is 14.5 Å². The molecule has 1 saturated heterocycles. The van der Waals surface area contributed by atoms with E-state index in [1.807, 2.05) is 40.7 Å². The number of hydrogen-bond acceptors (Lipinski definition) is 6. The number of nitrogens with zero attached hydrogens (tertiary/aromatic N) is 4.